The Kier molecular flexibility index (Phi) is 58.7. The molecule has 12 heteroatoms. The lowest BCUT2D eigenvalue weighted by molar-refractivity contribution is 1.62. The smallest absolute Gasteiger partial charge is 0.00829 e. The van der Waals surface area contributed by atoms with Crippen molar-refractivity contribution in [1.82, 2.24) is 0 Å². The van der Waals surface area contributed by atoms with Crippen molar-refractivity contribution in [3.63, 3.8) is 0 Å². The van der Waals surface area contributed by atoms with Gasteiger partial charge in [-0.25, -0.2) is 0 Å². The molecule has 0 heterocycles. The van der Waals surface area contributed by atoms with Gasteiger partial charge in [0.15, 0.2) is 0 Å². The maximum Gasteiger partial charge on any atom is 0.00829 e. The van der Waals surface area contributed by atoms with Crippen LogP contribution < -0.4 is 0 Å². The van der Waals surface area contributed by atoms with Crippen LogP contribution >= 0.6 is 120 Å². The van der Waals surface area contributed by atoms with Crippen molar-refractivity contribution >= 4 is 120 Å². The molecule has 0 aromatic heterocycles. The number of rotatable bonds is 36. The molecule has 0 bridgehead atoms. The molecule has 0 aromatic carbocycles. The first-order valence-corrected chi connectivity index (χ1v) is 38.6. The lowest BCUT2D eigenvalue weighted by atomic mass is 10.7. The molecule has 0 aliphatic heterocycles. The largest absolute Gasteiger partial charge is 0.152 e. The number of halogens is 6. The molecule has 0 rings (SSSR count). The normalized spacial score (nSPS) is 12.1. The maximum absolute atomic E-state index is 6.31. The van der Waals surface area contributed by atoms with E-state index in [0.717, 1.165) is 104 Å². The molecule has 0 nitrogen and oxygen atoms in total. The van der Waals surface area contributed by atoms with Crippen LogP contribution in [0.15, 0.2) is 228 Å². The first kappa shape index (κ1) is 76.6. The van der Waals surface area contributed by atoms with Gasteiger partial charge in [-0.05, 0) is 0 Å². The van der Waals surface area contributed by atoms with E-state index in [2.05, 4.69) is 118 Å². The molecule has 0 aliphatic carbocycles. The predicted octanol–water partition coefficient (Wildman–Crippen LogP) is 21.0. The zero-order valence-electron chi connectivity index (χ0n) is 40.6. The summed E-state index contributed by atoms with van der Waals surface area (Å²) in [4.78, 5) is 0. The maximum atomic E-state index is 6.31. The summed E-state index contributed by atoms with van der Waals surface area (Å²) in [5.41, 5.74) is 0. The van der Waals surface area contributed by atoms with Crippen molar-refractivity contribution in [2.24, 2.45) is 0 Å². The standard InChI is InChI=1S/6C9H15ClS/c6*1-4-7-11(10,8-5-2)9-6-3/h6*4-6H,1-3,7-9H2. The minimum atomic E-state index is -1.07. The van der Waals surface area contributed by atoms with E-state index in [1.807, 2.05) is 109 Å². The Bertz CT molecular complexity index is 1030. The highest BCUT2D eigenvalue weighted by Gasteiger charge is 2.18. The summed E-state index contributed by atoms with van der Waals surface area (Å²) in [5, 5.41) is 0. The van der Waals surface area contributed by atoms with Gasteiger partial charge in [-0.15, -0.1) is 118 Å². The molecule has 0 saturated heterocycles. The Morgan fingerprint density at radius 1 is 0.152 bits per heavy atom. The van der Waals surface area contributed by atoms with E-state index in [0.29, 0.717) is 0 Å². The molecule has 0 amide bonds. The molecule has 0 N–H and O–H groups in total. The number of hydrogen-bond acceptors (Lipinski definition) is 0. The van der Waals surface area contributed by atoms with Crippen molar-refractivity contribution in [2.45, 2.75) is 0 Å². The summed E-state index contributed by atoms with van der Waals surface area (Å²) in [5.74, 6) is 15.9. The summed E-state index contributed by atoms with van der Waals surface area (Å²) in [6, 6.07) is 0. The van der Waals surface area contributed by atoms with E-state index in [4.69, 9.17) is 64.1 Å². The highest BCUT2D eigenvalue weighted by Crippen LogP contribution is 2.56. The lowest BCUT2D eigenvalue weighted by Gasteiger charge is -2.28. The monoisotopic (exact) mass is 1140 g/mol. The highest BCUT2D eigenvalue weighted by molar-refractivity contribution is 8.53. The van der Waals surface area contributed by atoms with E-state index < -0.39 is 55.4 Å². The average molecular weight is 1140 g/mol. The minimum Gasteiger partial charge on any atom is -0.152 e. The van der Waals surface area contributed by atoms with E-state index in [1.165, 1.54) is 0 Å². The molecule has 66 heavy (non-hydrogen) atoms. The van der Waals surface area contributed by atoms with Crippen LogP contribution in [0.1, 0.15) is 0 Å². The van der Waals surface area contributed by atoms with Gasteiger partial charge in [-0.1, -0.05) is 173 Å². The van der Waals surface area contributed by atoms with Crippen molar-refractivity contribution in [3.8, 4) is 0 Å². The van der Waals surface area contributed by atoms with Crippen LogP contribution in [0.4, 0.5) is 0 Å². The molecule has 0 unspecified atom stereocenters. The van der Waals surface area contributed by atoms with Gasteiger partial charge in [0.2, 0.25) is 0 Å². The van der Waals surface area contributed by atoms with Gasteiger partial charge in [-0.2, -0.15) is 55.4 Å². The topological polar surface area (TPSA) is 0 Å². The molecule has 0 spiro atoms. The van der Waals surface area contributed by atoms with Crippen LogP contribution in [-0.2, 0) is 0 Å². The summed E-state index contributed by atoms with van der Waals surface area (Å²) in [7, 11) is 31.4. The molecular weight excluding hydrogens is 1050 g/mol. The molecular formula is C54H90Cl6S6. The fraction of sp³-hybridized carbons (Fsp3) is 0.333. The van der Waals surface area contributed by atoms with E-state index >= 15 is 0 Å². The third kappa shape index (κ3) is 48.2. The fourth-order valence-corrected chi connectivity index (χ4v) is 19.9. The van der Waals surface area contributed by atoms with Gasteiger partial charge in [0, 0.05) is 104 Å². The van der Waals surface area contributed by atoms with Crippen LogP contribution in [0.25, 0.3) is 0 Å². The molecule has 0 saturated carbocycles. The summed E-state index contributed by atoms with van der Waals surface area (Å²) < 4.78 is 0. The van der Waals surface area contributed by atoms with Gasteiger partial charge >= 0.3 is 0 Å². The quantitative estimate of drug-likeness (QED) is 0.0549. The molecule has 0 aromatic rings. The summed E-state index contributed by atoms with van der Waals surface area (Å²) in [6.07, 6.45) is 33.7. The van der Waals surface area contributed by atoms with Crippen molar-refractivity contribution < 1.29 is 0 Å². The van der Waals surface area contributed by atoms with E-state index in [1.54, 1.807) is 0 Å². The molecule has 0 fully saturated rings. The van der Waals surface area contributed by atoms with Gasteiger partial charge < -0.3 is 0 Å². The third-order valence-electron chi connectivity index (χ3n) is 7.50. The van der Waals surface area contributed by atoms with Crippen molar-refractivity contribution in [1.29, 1.82) is 0 Å². The zero-order chi connectivity index (χ0) is 52.5. The second kappa shape index (κ2) is 50.5. The Labute approximate surface area is 446 Å². The summed E-state index contributed by atoms with van der Waals surface area (Å²) >= 11 is 0. The first-order valence-electron chi connectivity index (χ1n) is 20.8. The van der Waals surface area contributed by atoms with Crippen LogP contribution in [-0.4, -0.2) is 104 Å². The van der Waals surface area contributed by atoms with Crippen molar-refractivity contribution in [2.75, 3.05) is 104 Å². The van der Waals surface area contributed by atoms with Gasteiger partial charge in [0.25, 0.3) is 0 Å². The molecule has 384 valence electrons. The predicted molar refractivity (Wildman–Crippen MR) is 352 cm³/mol. The lowest BCUT2D eigenvalue weighted by Crippen LogP contribution is -2.02. The zero-order valence-corrected chi connectivity index (χ0v) is 50.0. The number of hydrogen-bond donors (Lipinski definition) is 0. The van der Waals surface area contributed by atoms with Gasteiger partial charge in [-0.3, -0.25) is 0 Å². The SMILES string of the molecule is C=CCS(Cl)(CC=C)CC=C.C=CCS(Cl)(CC=C)CC=C.C=CCS(Cl)(CC=C)CC=C.C=CCS(Cl)(CC=C)CC=C.C=CCS(Cl)(CC=C)CC=C.C=CCS(Cl)(CC=C)CC=C. The van der Waals surface area contributed by atoms with Gasteiger partial charge in [0.1, 0.15) is 0 Å². The second-order valence-corrected chi connectivity index (χ2v) is 42.9. The van der Waals surface area contributed by atoms with Crippen LogP contribution in [0.2, 0.25) is 0 Å². The van der Waals surface area contributed by atoms with Crippen LogP contribution in [0.5, 0.6) is 0 Å². The molecule has 0 radical (unpaired) electrons. The van der Waals surface area contributed by atoms with E-state index in [-0.39, 0.29) is 0 Å². The fourth-order valence-electron chi connectivity index (χ4n) is 5.03. The minimum absolute atomic E-state index is 0.882. The Morgan fingerprint density at radius 2 is 0.197 bits per heavy atom. The Hall–Kier alpha value is -0.840. The Balaban J connectivity index is -0.000000164. The van der Waals surface area contributed by atoms with Gasteiger partial charge in [0.05, 0.1) is 0 Å². The average Bonchev–Trinajstić information content (AvgIpc) is 3.21. The highest BCUT2D eigenvalue weighted by atomic mass is 35.7. The van der Waals surface area contributed by atoms with Crippen molar-refractivity contribution in [3.05, 3.63) is 228 Å². The second-order valence-electron chi connectivity index (χ2n) is 13.8. The first-order chi connectivity index (χ1) is 31.1. The summed E-state index contributed by atoms with van der Waals surface area (Å²) in [6.45, 7) is 66.2. The Morgan fingerprint density at radius 3 is 0.227 bits per heavy atom. The molecule has 0 atom stereocenters. The van der Waals surface area contributed by atoms with E-state index in [9.17, 15) is 0 Å². The third-order valence-corrected chi connectivity index (χ3v) is 29.3. The van der Waals surface area contributed by atoms with Crippen LogP contribution in [0.3, 0.4) is 0 Å². The molecule has 0 aliphatic rings. The van der Waals surface area contributed by atoms with Crippen LogP contribution in [0, 0.1) is 0 Å².